The molecule has 0 saturated heterocycles. The maximum atomic E-state index is 11.1. The van der Waals surface area contributed by atoms with Crippen LogP contribution in [0.2, 0.25) is 0 Å². The molecular weight excluding hydrogens is 353 g/mol. The van der Waals surface area contributed by atoms with Gasteiger partial charge in [-0.2, -0.15) is 5.10 Å². The van der Waals surface area contributed by atoms with Crippen molar-refractivity contribution in [2.45, 2.75) is 11.4 Å². The van der Waals surface area contributed by atoms with Crippen LogP contribution in [-0.4, -0.2) is 18.2 Å². The van der Waals surface area contributed by atoms with E-state index in [-0.39, 0.29) is 4.90 Å². The van der Waals surface area contributed by atoms with Crippen molar-refractivity contribution in [1.82, 2.24) is 9.78 Å². The Morgan fingerprint density at radius 2 is 1.94 bits per heavy atom. The zero-order valence-electron chi connectivity index (χ0n) is 8.75. The van der Waals surface area contributed by atoms with E-state index in [1.54, 1.807) is 4.68 Å². The highest BCUT2D eigenvalue weighted by molar-refractivity contribution is 14.1. The molecule has 0 aliphatic rings. The van der Waals surface area contributed by atoms with Gasteiger partial charge in [0.15, 0.2) is 0 Å². The summed E-state index contributed by atoms with van der Waals surface area (Å²) in [4.78, 5) is 0.0306. The summed E-state index contributed by atoms with van der Waals surface area (Å²) < 4.78 is 24.8. The monoisotopic (exact) mass is 363 g/mol. The summed E-state index contributed by atoms with van der Waals surface area (Å²) in [5, 5.41) is 8.96. The third-order valence-electron chi connectivity index (χ3n) is 2.20. The molecule has 2 N–H and O–H groups in total. The molecule has 0 amide bonds. The van der Waals surface area contributed by atoms with E-state index in [2.05, 4.69) is 27.7 Å². The minimum atomic E-state index is -3.67. The Labute approximate surface area is 113 Å². The largest absolute Gasteiger partial charge is 0.267 e. The highest BCUT2D eigenvalue weighted by Gasteiger charge is 2.10. The van der Waals surface area contributed by atoms with Gasteiger partial charge in [0, 0.05) is 9.77 Å². The average molecular weight is 363 g/mol. The number of nitrogens with zero attached hydrogens (tertiary/aromatic N) is 2. The van der Waals surface area contributed by atoms with Crippen LogP contribution < -0.4 is 5.14 Å². The molecule has 90 valence electrons. The van der Waals surface area contributed by atoms with E-state index in [9.17, 15) is 8.42 Å². The number of rotatable bonds is 3. The fourth-order valence-corrected chi connectivity index (χ4v) is 2.18. The number of primary sulfonamides is 1. The van der Waals surface area contributed by atoms with Crippen LogP contribution >= 0.6 is 22.6 Å². The highest BCUT2D eigenvalue weighted by Crippen LogP contribution is 2.10. The maximum absolute atomic E-state index is 11.1. The number of aromatic nitrogens is 2. The summed E-state index contributed by atoms with van der Waals surface area (Å²) in [6.45, 7) is 0.520. The summed E-state index contributed by atoms with van der Waals surface area (Å²) in [7, 11) is -3.67. The summed E-state index contributed by atoms with van der Waals surface area (Å²) in [5.74, 6) is 0. The fourth-order valence-electron chi connectivity index (χ4n) is 1.35. The van der Waals surface area contributed by atoms with Crippen LogP contribution in [0.15, 0.2) is 41.6 Å². The molecule has 0 radical (unpaired) electrons. The Kier molecular flexibility index (Phi) is 3.50. The predicted octanol–water partition coefficient (Wildman–Crippen LogP) is 1.18. The lowest BCUT2D eigenvalue weighted by molar-refractivity contribution is 0.597. The number of nitrogens with two attached hydrogens (primary N) is 1. The first kappa shape index (κ1) is 12.5. The molecule has 5 nitrogen and oxygen atoms in total. The van der Waals surface area contributed by atoms with Gasteiger partial charge < -0.3 is 0 Å². The predicted molar refractivity (Wildman–Crippen MR) is 71.9 cm³/mol. The average Bonchev–Trinajstić information content (AvgIpc) is 2.69. The van der Waals surface area contributed by atoms with E-state index in [4.69, 9.17) is 5.14 Å². The van der Waals surface area contributed by atoms with Gasteiger partial charge in [0.2, 0.25) is 10.0 Å². The van der Waals surface area contributed by atoms with Gasteiger partial charge in [-0.05, 0) is 40.3 Å². The van der Waals surface area contributed by atoms with Crippen molar-refractivity contribution in [3.8, 4) is 0 Å². The third kappa shape index (κ3) is 3.27. The molecule has 0 aliphatic heterocycles. The van der Waals surface area contributed by atoms with Crippen molar-refractivity contribution >= 4 is 32.6 Å². The number of hydrogen-bond acceptors (Lipinski definition) is 3. The Balaban J connectivity index is 2.20. The summed E-state index contributed by atoms with van der Waals surface area (Å²) in [6, 6.07) is 7.92. The quantitative estimate of drug-likeness (QED) is 0.832. The molecule has 0 aliphatic carbocycles. The minimum absolute atomic E-state index is 0.0306. The molecule has 17 heavy (non-hydrogen) atoms. The van der Waals surface area contributed by atoms with Gasteiger partial charge in [-0.1, -0.05) is 12.1 Å². The van der Waals surface area contributed by atoms with Crippen LogP contribution in [0.5, 0.6) is 0 Å². The molecule has 7 heteroatoms. The Morgan fingerprint density at radius 1 is 1.29 bits per heavy atom. The van der Waals surface area contributed by atoms with Crippen LogP contribution in [0.3, 0.4) is 0 Å². The van der Waals surface area contributed by atoms with E-state index in [0.717, 1.165) is 9.13 Å². The van der Waals surface area contributed by atoms with Gasteiger partial charge in [-0.25, -0.2) is 13.6 Å². The van der Waals surface area contributed by atoms with Crippen molar-refractivity contribution in [2.24, 2.45) is 5.14 Å². The van der Waals surface area contributed by atoms with E-state index >= 15 is 0 Å². The number of hydrogen-bond donors (Lipinski definition) is 1. The molecule has 0 spiro atoms. The smallest absolute Gasteiger partial charge is 0.241 e. The normalized spacial score (nSPS) is 11.6. The summed E-state index contributed by atoms with van der Waals surface area (Å²) >= 11 is 2.22. The van der Waals surface area contributed by atoms with Crippen LogP contribution in [0.25, 0.3) is 0 Å². The lowest BCUT2D eigenvalue weighted by atomic mass is 10.2. The zero-order chi connectivity index (χ0) is 12.5. The molecule has 0 atom stereocenters. The van der Waals surface area contributed by atoms with Crippen LogP contribution in [-0.2, 0) is 16.6 Å². The standard InChI is InChI=1S/C10H10IN3O2S/c11-9-3-1-8(2-4-9)6-14-7-10(5-13-14)17(12,15)16/h1-5,7H,6H2,(H2,12,15,16). The lowest BCUT2D eigenvalue weighted by Crippen LogP contribution is -2.11. The van der Waals surface area contributed by atoms with Gasteiger partial charge in [0.1, 0.15) is 4.90 Å². The SMILES string of the molecule is NS(=O)(=O)c1cnn(Cc2ccc(I)cc2)c1. The number of benzene rings is 1. The molecule has 0 saturated carbocycles. The maximum Gasteiger partial charge on any atom is 0.241 e. The van der Waals surface area contributed by atoms with Crippen molar-refractivity contribution in [3.63, 3.8) is 0 Å². The molecule has 1 aromatic heterocycles. The first-order valence-corrected chi connectivity index (χ1v) is 7.37. The van der Waals surface area contributed by atoms with Gasteiger partial charge in [0.05, 0.1) is 12.7 Å². The molecule has 0 fully saturated rings. The second-order valence-corrected chi connectivity index (χ2v) is 6.35. The van der Waals surface area contributed by atoms with E-state index in [1.807, 2.05) is 24.3 Å². The van der Waals surface area contributed by atoms with Crippen LogP contribution in [0, 0.1) is 3.57 Å². The fraction of sp³-hybridized carbons (Fsp3) is 0.100. The number of sulfonamides is 1. The van der Waals surface area contributed by atoms with Crippen molar-refractivity contribution in [1.29, 1.82) is 0 Å². The van der Waals surface area contributed by atoms with E-state index < -0.39 is 10.0 Å². The zero-order valence-corrected chi connectivity index (χ0v) is 11.7. The third-order valence-corrected chi connectivity index (χ3v) is 3.78. The Hall–Kier alpha value is -0.930. The second kappa shape index (κ2) is 4.75. The first-order valence-electron chi connectivity index (χ1n) is 4.75. The van der Waals surface area contributed by atoms with Crippen molar-refractivity contribution in [2.75, 3.05) is 0 Å². The molecule has 2 aromatic rings. The molecule has 1 heterocycles. The van der Waals surface area contributed by atoms with Gasteiger partial charge in [-0.3, -0.25) is 4.68 Å². The lowest BCUT2D eigenvalue weighted by Gasteiger charge is -2.01. The molecule has 2 rings (SSSR count). The van der Waals surface area contributed by atoms with Gasteiger partial charge in [0.25, 0.3) is 0 Å². The topological polar surface area (TPSA) is 78.0 Å². The second-order valence-electron chi connectivity index (χ2n) is 3.55. The van der Waals surface area contributed by atoms with E-state index in [1.165, 1.54) is 12.4 Å². The first-order chi connectivity index (χ1) is 7.95. The Bertz CT molecular complexity index is 619. The Morgan fingerprint density at radius 3 is 2.47 bits per heavy atom. The molecular formula is C10H10IN3O2S. The van der Waals surface area contributed by atoms with Gasteiger partial charge >= 0.3 is 0 Å². The van der Waals surface area contributed by atoms with Crippen LogP contribution in [0.4, 0.5) is 0 Å². The number of halogens is 1. The summed E-state index contributed by atoms with van der Waals surface area (Å²) in [6.07, 6.45) is 2.68. The summed E-state index contributed by atoms with van der Waals surface area (Å²) in [5.41, 5.74) is 1.05. The molecule has 1 aromatic carbocycles. The molecule has 0 unspecified atom stereocenters. The minimum Gasteiger partial charge on any atom is -0.267 e. The van der Waals surface area contributed by atoms with Crippen molar-refractivity contribution in [3.05, 3.63) is 45.8 Å². The van der Waals surface area contributed by atoms with Crippen molar-refractivity contribution < 1.29 is 8.42 Å². The van der Waals surface area contributed by atoms with Crippen LogP contribution in [0.1, 0.15) is 5.56 Å². The van der Waals surface area contributed by atoms with E-state index in [0.29, 0.717) is 6.54 Å². The highest BCUT2D eigenvalue weighted by atomic mass is 127. The molecule has 0 bridgehead atoms. The van der Waals surface area contributed by atoms with Gasteiger partial charge in [-0.15, -0.1) is 0 Å².